The Hall–Kier alpha value is -3.22. The van der Waals surface area contributed by atoms with E-state index in [1.54, 1.807) is 0 Å². The Balaban J connectivity index is 1.57. The maximum absolute atomic E-state index is 13.5. The molecule has 0 unspecified atom stereocenters. The Kier molecular flexibility index (Phi) is 5.03. The molecule has 25 heavy (non-hydrogen) atoms. The number of carbonyl (C=O) groups is 1. The summed E-state index contributed by atoms with van der Waals surface area (Å²) in [6, 6.07) is 14.2. The van der Waals surface area contributed by atoms with Crippen molar-refractivity contribution in [2.45, 2.75) is 13.2 Å². The highest BCUT2D eigenvalue weighted by Crippen LogP contribution is 2.15. The number of amides is 1. The summed E-state index contributed by atoms with van der Waals surface area (Å²) in [6.07, 6.45) is 0. The van der Waals surface area contributed by atoms with Gasteiger partial charge in [0, 0.05) is 12.1 Å². The molecule has 0 aliphatic heterocycles. The first-order valence-corrected chi connectivity index (χ1v) is 7.48. The number of ether oxygens (including phenoxy) is 1. The third-order valence-corrected chi connectivity index (χ3v) is 3.43. The number of rotatable bonds is 6. The van der Waals surface area contributed by atoms with Crippen LogP contribution in [-0.2, 0) is 13.2 Å². The van der Waals surface area contributed by atoms with Crippen LogP contribution in [0.3, 0.4) is 0 Å². The van der Waals surface area contributed by atoms with E-state index in [0.29, 0.717) is 0 Å². The zero-order chi connectivity index (χ0) is 17.6. The summed E-state index contributed by atoms with van der Waals surface area (Å²) in [6.45, 7) is -0.0346. The number of hydrogen-bond acceptors (Lipinski definition) is 4. The SMILES string of the molecule is O=C(NCc1c(F)cccc1F)c1cc(OCc2ccccc2)no1. The number of benzene rings is 2. The van der Waals surface area contributed by atoms with Gasteiger partial charge in [0.2, 0.25) is 5.76 Å². The molecular formula is C18H14F2N2O3. The third kappa shape index (κ3) is 4.20. The average molecular weight is 344 g/mol. The second kappa shape index (κ2) is 7.57. The van der Waals surface area contributed by atoms with Gasteiger partial charge in [0.15, 0.2) is 0 Å². The van der Waals surface area contributed by atoms with Crippen LogP contribution in [0.2, 0.25) is 0 Å². The first-order chi connectivity index (χ1) is 12.1. The maximum atomic E-state index is 13.5. The van der Waals surface area contributed by atoms with E-state index in [-0.39, 0.29) is 30.4 Å². The Morgan fingerprint density at radius 3 is 2.52 bits per heavy atom. The zero-order valence-corrected chi connectivity index (χ0v) is 13.0. The van der Waals surface area contributed by atoms with E-state index in [0.717, 1.165) is 17.7 Å². The summed E-state index contributed by atoms with van der Waals surface area (Å²) in [5.41, 5.74) is 0.711. The Morgan fingerprint density at radius 2 is 1.80 bits per heavy atom. The second-order valence-electron chi connectivity index (χ2n) is 5.19. The minimum atomic E-state index is -0.732. The molecule has 0 radical (unpaired) electrons. The van der Waals surface area contributed by atoms with Crippen molar-refractivity contribution in [2.24, 2.45) is 0 Å². The van der Waals surface area contributed by atoms with E-state index in [9.17, 15) is 13.6 Å². The van der Waals surface area contributed by atoms with Crippen molar-refractivity contribution in [3.05, 3.63) is 83.1 Å². The highest BCUT2D eigenvalue weighted by Gasteiger charge is 2.16. The predicted molar refractivity (Wildman–Crippen MR) is 84.8 cm³/mol. The molecule has 0 saturated heterocycles. The fourth-order valence-electron chi connectivity index (χ4n) is 2.12. The smallest absolute Gasteiger partial charge is 0.290 e. The standard InChI is InChI=1S/C18H14F2N2O3/c19-14-7-4-8-15(20)13(14)10-21-18(23)16-9-17(22-25-16)24-11-12-5-2-1-3-6-12/h1-9H,10-11H2,(H,21,23). The van der Waals surface area contributed by atoms with Crippen molar-refractivity contribution >= 4 is 5.91 Å². The van der Waals surface area contributed by atoms with Gasteiger partial charge < -0.3 is 14.6 Å². The highest BCUT2D eigenvalue weighted by atomic mass is 19.1. The summed E-state index contributed by atoms with van der Waals surface area (Å²) in [7, 11) is 0. The van der Waals surface area contributed by atoms with Crippen LogP contribution in [0, 0.1) is 11.6 Å². The topological polar surface area (TPSA) is 64.4 Å². The van der Waals surface area contributed by atoms with Gasteiger partial charge in [-0.15, -0.1) is 0 Å². The largest absolute Gasteiger partial charge is 0.471 e. The number of hydrogen-bond donors (Lipinski definition) is 1. The Morgan fingerprint density at radius 1 is 1.08 bits per heavy atom. The second-order valence-corrected chi connectivity index (χ2v) is 5.19. The van der Waals surface area contributed by atoms with E-state index in [4.69, 9.17) is 9.26 Å². The van der Waals surface area contributed by atoms with E-state index in [1.807, 2.05) is 30.3 Å². The molecule has 3 rings (SSSR count). The molecule has 3 aromatic rings. The highest BCUT2D eigenvalue weighted by molar-refractivity contribution is 5.91. The Bertz CT molecular complexity index is 846. The van der Waals surface area contributed by atoms with Gasteiger partial charge in [-0.1, -0.05) is 36.4 Å². The minimum absolute atomic E-state index is 0.111. The molecule has 128 valence electrons. The summed E-state index contributed by atoms with van der Waals surface area (Å²) >= 11 is 0. The van der Waals surface area contributed by atoms with Crippen LogP contribution in [0.25, 0.3) is 0 Å². The van der Waals surface area contributed by atoms with Crippen molar-refractivity contribution in [3.8, 4) is 5.88 Å². The lowest BCUT2D eigenvalue weighted by Crippen LogP contribution is -2.23. The molecule has 1 amide bonds. The molecule has 7 heteroatoms. The van der Waals surface area contributed by atoms with Crippen molar-refractivity contribution in [1.82, 2.24) is 10.5 Å². The molecule has 0 aliphatic carbocycles. The van der Waals surface area contributed by atoms with Gasteiger partial charge in [0.25, 0.3) is 11.8 Å². The predicted octanol–water partition coefficient (Wildman–Crippen LogP) is 3.46. The lowest BCUT2D eigenvalue weighted by atomic mass is 10.2. The number of carbonyl (C=O) groups excluding carboxylic acids is 1. The molecule has 5 nitrogen and oxygen atoms in total. The summed E-state index contributed by atoms with van der Waals surface area (Å²) in [5.74, 6) is -2.08. The van der Waals surface area contributed by atoms with Crippen molar-refractivity contribution < 1.29 is 22.8 Å². The molecule has 0 bridgehead atoms. The maximum Gasteiger partial charge on any atom is 0.290 e. The van der Waals surface area contributed by atoms with Crippen molar-refractivity contribution in [1.29, 1.82) is 0 Å². The van der Waals surface area contributed by atoms with Crippen LogP contribution in [-0.4, -0.2) is 11.1 Å². The fraction of sp³-hybridized carbons (Fsp3) is 0.111. The summed E-state index contributed by atoms with van der Waals surface area (Å²) < 4.78 is 37.4. The molecule has 1 N–H and O–H groups in total. The summed E-state index contributed by atoms with van der Waals surface area (Å²) in [4.78, 5) is 12.0. The average Bonchev–Trinajstić information content (AvgIpc) is 3.09. The van der Waals surface area contributed by atoms with E-state index in [2.05, 4.69) is 10.5 Å². The fourth-order valence-corrected chi connectivity index (χ4v) is 2.12. The lowest BCUT2D eigenvalue weighted by molar-refractivity contribution is 0.0913. The first kappa shape index (κ1) is 16.6. The van der Waals surface area contributed by atoms with Crippen LogP contribution in [0.1, 0.15) is 21.7 Å². The summed E-state index contributed by atoms with van der Waals surface area (Å²) in [5, 5.41) is 6.01. The van der Waals surface area contributed by atoms with Crippen LogP contribution in [0.4, 0.5) is 8.78 Å². The number of nitrogens with zero attached hydrogens (tertiary/aromatic N) is 1. The molecule has 0 saturated carbocycles. The van der Waals surface area contributed by atoms with E-state index < -0.39 is 17.5 Å². The van der Waals surface area contributed by atoms with Gasteiger partial charge in [-0.25, -0.2) is 8.78 Å². The first-order valence-electron chi connectivity index (χ1n) is 7.48. The monoisotopic (exact) mass is 344 g/mol. The molecule has 2 aromatic carbocycles. The molecule has 1 aromatic heterocycles. The van der Waals surface area contributed by atoms with Crippen molar-refractivity contribution in [3.63, 3.8) is 0 Å². The van der Waals surface area contributed by atoms with Gasteiger partial charge in [0.05, 0.1) is 6.07 Å². The molecule has 0 fully saturated rings. The number of halogens is 2. The minimum Gasteiger partial charge on any atom is -0.471 e. The van der Waals surface area contributed by atoms with Crippen LogP contribution < -0.4 is 10.1 Å². The van der Waals surface area contributed by atoms with Gasteiger partial charge in [-0.05, 0) is 22.9 Å². The third-order valence-electron chi connectivity index (χ3n) is 3.43. The zero-order valence-electron chi connectivity index (χ0n) is 13.0. The van der Waals surface area contributed by atoms with Crippen LogP contribution >= 0.6 is 0 Å². The molecule has 0 aliphatic rings. The molecule has 0 spiro atoms. The molecule has 1 heterocycles. The number of aromatic nitrogens is 1. The molecular weight excluding hydrogens is 330 g/mol. The van der Waals surface area contributed by atoms with Gasteiger partial charge in [-0.3, -0.25) is 4.79 Å². The van der Waals surface area contributed by atoms with Gasteiger partial charge in [-0.2, -0.15) is 0 Å². The van der Waals surface area contributed by atoms with Crippen molar-refractivity contribution in [2.75, 3.05) is 0 Å². The van der Waals surface area contributed by atoms with E-state index >= 15 is 0 Å². The number of nitrogens with one attached hydrogen (secondary N) is 1. The van der Waals surface area contributed by atoms with Gasteiger partial charge in [0.1, 0.15) is 18.2 Å². The molecule has 0 atom stereocenters. The Labute approximate surface area is 142 Å². The van der Waals surface area contributed by atoms with Gasteiger partial charge >= 0.3 is 0 Å². The van der Waals surface area contributed by atoms with Crippen LogP contribution in [0.5, 0.6) is 5.88 Å². The van der Waals surface area contributed by atoms with Crippen LogP contribution in [0.15, 0.2) is 59.1 Å². The van der Waals surface area contributed by atoms with E-state index in [1.165, 1.54) is 12.1 Å². The quantitative estimate of drug-likeness (QED) is 0.744. The lowest BCUT2D eigenvalue weighted by Gasteiger charge is -2.05. The normalized spacial score (nSPS) is 10.5.